The zero-order valence-electron chi connectivity index (χ0n) is 10.2. The van der Waals surface area contributed by atoms with Crippen LogP contribution in [0.15, 0.2) is 0 Å². The molecule has 12 heavy (non-hydrogen) atoms. The van der Waals surface area contributed by atoms with E-state index in [2.05, 4.69) is 50.4 Å². The fraction of sp³-hybridized carbons (Fsp3) is 1.00. The van der Waals surface area contributed by atoms with Crippen molar-refractivity contribution in [2.45, 2.75) is 46.2 Å². The average Bonchev–Trinajstić information content (AvgIpc) is 1.56. The molecule has 0 unspecified atom stereocenters. The second-order valence-electron chi connectivity index (χ2n) is 5.09. The Bertz CT molecular complexity index is 112. The second-order valence-corrected chi connectivity index (χ2v) is 15.3. The van der Waals surface area contributed by atoms with E-state index in [1.165, 1.54) is 6.54 Å². The first-order valence-corrected chi connectivity index (χ1v) is 11.4. The molecule has 0 aromatic heterocycles. The maximum atomic E-state index is 2.78. The molecular weight excluding hydrogens is 173 g/mol. The molecule has 0 aromatic rings. The maximum absolute atomic E-state index is 2.78. The molecule has 4 heteroatoms. The Morgan fingerprint density at radius 2 is 1.08 bits per heavy atom. The van der Waals surface area contributed by atoms with Crippen molar-refractivity contribution in [3.8, 4) is 0 Å². The third-order valence-electron chi connectivity index (χ3n) is 1.94. The molecule has 0 amide bonds. The van der Waals surface area contributed by atoms with Gasteiger partial charge in [-0.1, -0.05) is 46.2 Å². The van der Waals surface area contributed by atoms with Gasteiger partial charge in [0.25, 0.3) is 0 Å². The zero-order chi connectivity index (χ0) is 9.28. The van der Waals surface area contributed by atoms with Crippen molar-refractivity contribution in [1.29, 1.82) is 0 Å². The molecule has 0 aliphatic rings. The van der Waals surface area contributed by atoms with Crippen molar-refractivity contribution in [2.75, 3.05) is 6.54 Å². The molecule has 0 rings (SSSR count). The Balaban J connectivity index is 0. The Morgan fingerprint density at radius 1 is 0.833 bits per heavy atom. The molecule has 0 spiro atoms. The predicted octanol–water partition coefficient (Wildman–Crippen LogP) is 2.60. The summed E-state index contributed by atoms with van der Waals surface area (Å²) < 4.78 is 2.78. The minimum absolute atomic E-state index is 0. The van der Waals surface area contributed by atoms with Crippen LogP contribution in [-0.4, -0.2) is 46.1 Å². The molecular formula is C8H23LiNSi2. The molecule has 0 atom stereocenters. The van der Waals surface area contributed by atoms with E-state index in [4.69, 9.17) is 0 Å². The fourth-order valence-electron chi connectivity index (χ4n) is 1.95. The van der Waals surface area contributed by atoms with Gasteiger partial charge in [0, 0.05) is 18.9 Å². The van der Waals surface area contributed by atoms with E-state index in [1.54, 1.807) is 0 Å². The summed E-state index contributed by atoms with van der Waals surface area (Å²) in [5, 5.41) is 0. The topological polar surface area (TPSA) is 3.24 Å². The zero-order valence-corrected chi connectivity index (χ0v) is 12.2. The van der Waals surface area contributed by atoms with E-state index < -0.39 is 16.5 Å². The van der Waals surface area contributed by atoms with Crippen molar-refractivity contribution in [3.63, 3.8) is 0 Å². The van der Waals surface area contributed by atoms with E-state index in [0.29, 0.717) is 0 Å². The van der Waals surface area contributed by atoms with Crippen LogP contribution >= 0.6 is 0 Å². The summed E-state index contributed by atoms with van der Waals surface area (Å²) in [6.07, 6.45) is 0. The third kappa shape index (κ3) is 4.88. The van der Waals surface area contributed by atoms with E-state index in [-0.39, 0.29) is 18.9 Å². The fourth-order valence-corrected chi connectivity index (χ4v) is 11.9. The summed E-state index contributed by atoms with van der Waals surface area (Å²) in [4.78, 5) is 0. The quantitative estimate of drug-likeness (QED) is 0.627. The molecule has 69 valence electrons. The van der Waals surface area contributed by atoms with Gasteiger partial charge in [0.15, 0.2) is 0 Å². The molecule has 0 aliphatic heterocycles. The summed E-state index contributed by atoms with van der Waals surface area (Å²) in [5.74, 6) is 0. The Kier molecular flexibility index (Phi) is 6.47. The Labute approximate surface area is 92.3 Å². The number of nitrogens with zero attached hydrogens (tertiary/aromatic N) is 1. The van der Waals surface area contributed by atoms with Crippen molar-refractivity contribution in [3.05, 3.63) is 0 Å². The number of rotatable bonds is 3. The van der Waals surface area contributed by atoms with Gasteiger partial charge in [0.2, 0.25) is 0 Å². The van der Waals surface area contributed by atoms with Gasteiger partial charge in [-0.3, -0.25) is 0 Å². The molecule has 0 saturated heterocycles. The Morgan fingerprint density at radius 3 is 1.08 bits per heavy atom. The van der Waals surface area contributed by atoms with Crippen LogP contribution in [0.2, 0.25) is 39.3 Å². The first-order valence-electron chi connectivity index (χ1n) is 4.47. The molecule has 1 radical (unpaired) electrons. The normalized spacial score (nSPS) is 13.0. The monoisotopic (exact) mass is 196 g/mol. The van der Waals surface area contributed by atoms with Crippen molar-refractivity contribution in [2.24, 2.45) is 0 Å². The van der Waals surface area contributed by atoms with Crippen LogP contribution in [0.1, 0.15) is 6.92 Å². The van der Waals surface area contributed by atoms with E-state index in [9.17, 15) is 0 Å². The van der Waals surface area contributed by atoms with Gasteiger partial charge in [-0.2, -0.15) is 0 Å². The molecule has 0 heterocycles. The molecule has 0 bridgehead atoms. The Hall–Kier alpha value is 0.991. The SMILES string of the molecule is CCN([Si](C)(C)C)[Si](C)(C)C.[Li]. The first kappa shape index (κ1) is 15.5. The summed E-state index contributed by atoms with van der Waals surface area (Å²) in [6, 6.07) is 0. The van der Waals surface area contributed by atoms with Gasteiger partial charge in [0.1, 0.15) is 16.5 Å². The van der Waals surface area contributed by atoms with Gasteiger partial charge >= 0.3 is 0 Å². The molecule has 0 fully saturated rings. The second kappa shape index (κ2) is 5.02. The average molecular weight is 196 g/mol. The van der Waals surface area contributed by atoms with E-state index in [1.807, 2.05) is 0 Å². The molecule has 0 aliphatic carbocycles. The van der Waals surface area contributed by atoms with Crippen molar-refractivity contribution >= 4 is 35.3 Å². The maximum Gasteiger partial charge on any atom is 0.112 e. The van der Waals surface area contributed by atoms with Gasteiger partial charge in [-0.25, -0.2) is 0 Å². The van der Waals surface area contributed by atoms with Crippen molar-refractivity contribution < 1.29 is 0 Å². The summed E-state index contributed by atoms with van der Waals surface area (Å²) >= 11 is 0. The minimum atomic E-state index is -1.03. The summed E-state index contributed by atoms with van der Waals surface area (Å²) in [5.41, 5.74) is 0. The van der Waals surface area contributed by atoms with Gasteiger partial charge in [0.05, 0.1) is 0 Å². The number of hydrogen-bond acceptors (Lipinski definition) is 1. The van der Waals surface area contributed by atoms with Gasteiger partial charge < -0.3 is 4.23 Å². The minimum Gasteiger partial charge on any atom is -0.346 e. The largest absolute Gasteiger partial charge is 0.346 e. The molecule has 0 saturated carbocycles. The molecule has 0 aromatic carbocycles. The number of hydrogen-bond donors (Lipinski definition) is 0. The van der Waals surface area contributed by atoms with Crippen LogP contribution in [0, 0.1) is 0 Å². The standard InChI is InChI=1S/C8H23NSi2.Li/c1-8-9(10(2,3)4)11(5,6)7;/h8H2,1-7H3;. The summed E-state index contributed by atoms with van der Waals surface area (Å²) in [6.45, 7) is 18.2. The van der Waals surface area contributed by atoms with Gasteiger partial charge in [-0.05, 0) is 6.54 Å². The van der Waals surface area contributed by atoms with Crippen LogP contribution < -0.4 is 0 Å². The van der Waals surface area contributed by atoms with Crippen molar-refractivity contribution in [1.82, 2.24) is 4.23 Å². The first-order chi connectivity index (χ1) is 4.69. The van der Waals surface area contributed by atoms with E-state index >= 15 is 0 Å². The van der Waals surface area contributed by atoms with Crippen LogP contribution in [-0.2, 0) is 0 Å². The molecule has 0 N–H and O–H groups in total. The smallest absolute Gasteiger partial charge is 0.112 e. The van der Waals surface area contributed by atoms with Gasteiger partial charge in [-0.15, -0.1) is 0 Å². The van der Waals surface area contributed by atoms with E-state index in [0.717, 1.165) is 0 Å². The summed E-state index contributed by atoms with van der Waals surface area (Å²) in [7, 11) is -2.05. The van der Waals surface area contributed by atoms with Crippen LogP contribution in [0.3, 0.4) is 0 Å². The van der Waals surface area contributed by atoms with Crippen LogP contribution in [0.5, 0.6) is 0 Å². The van der Waals surface area contributed by atoms with Crippen LogP contribution in [0.25, 0.3) is 0 Å². The molecule has 1 nitrogen and oxygen atoms in total. The third-order valence-corrected chi connectivity index (χ3v) is 9.83. The predicted molar refractivity (Wildman–Crippen MR) is 64.8 cm³/mol. The van der Waals surface area contributed by atoms with Crippen LogP contribution in [0.4, 0.5) is 0 Å².